The second-order valence-corrected chi connectivity index (χ2v) is 4.60. The van der Waals surface area contributed by atoms with Crippen LogP contribution in [0.25, 0.3) is 0 Å². The number of carbonyl (C=O) groups excluding carboxylic acids is 1. The number of nitrogens with two attached hydrogens (primary N) is 1. The van der Waals surface area contributed by atoms with Gasteiger partial charge in [-0.25, -0.2) is 0 Å². The summed E-state index contributed by atoms with van der Waals surface area (Å²) in [5.41, 5.74) is 6.70. The average molecular weight is 271 g/mol. The van der Waals surface area contributed by atoms with Gasteiger partial charge in [0.2, 0.25) is 0 Å². The summed E-state index contributed by atoms with van der Waals surface area (Å²) in [5.74, 6) is -0.254. The number of nitrogens with one attached hydrogen (secondary N) is 1. The van der Waals surface area contributed by atoms with Crippen LogP contribution in [0.1, 0.15) is 6.92 Å². The lowest BCUT2D eigenvalue weighted by molar-refractivity contribution is -0.161. The first-order valence-corrected chi connectivity index (χ1v) is 6.03. The van der Waals surface area contributed by atoms with Gasteiger partial charge < -0.3 is 20.5 Å². The third-order valence-electron chi connectivity index (χ3n) is 2.65. The summed E-state index contributed by atoms with van der Waals surface area (Å²) in [6, 6.07) is 4.91. The van der Waals surface area contributed by atoms with Gasteiger partial charge in [-0.15, -0.1) is 0 Å². The van der Waals surface area contributed by atoms with Crippen molar-refractivity contribution in [1.29, 1.82) is 0 Å². The van der Waals surface area contributed by atoms with Crippen LogP contribution in [0.2, 0.25) is 5.02 Å². The van der Waals surface area contributed by atoms with Crippen molar-refractivity contribution in [2.24, 2.45) is 0 Å². The topological polar surface area (TPSA) is 73.6 Å². The van der Waals surface area contributed by atoms with Crippen molar-refractivity contribution in [2.45, 2.75) is 19.1 Å². The molecular weight excluding hydrogens is 256 g/mol. The Balaban J connectivity index is 1.94. The summed E-state index contributed by atoms with van der Waals surface area (Å²) in [7, 11) is 0. The number of hydrogen-bond acceptors (Lipinski definition) is 4. The fraction of sp³-hybridized carbons (Fsp3) is 0.417. The highest BCUT2D eigenvalue weighted by atomic mass is 35.5. The molecule has 0 bridgehead atoms. The molecule has 1 amide bonds. The molecule has 98 valence electrons. The first kappa shape index (κ1) is 13.1. The normalized spacial score (nSPS) is 17.0. The molecule has 3 N–H and O–H groups in total. The third-order valence-corrected chi connectivity index (χ3v) is 2.88. The first-order valence-electron chi connectivity index (χ1n) is 5.65. The lowest BCUT2D eigenvalue weighted by Crippen LogP contribution is -2.41. The predicted octanol–water partition coefficient (Wildman–Crippen LogP) is 1.66. The number of rotatable bonds is 4. The Morgan fingerprint density at radius 1 is 1.61 bits per heavy atom. The van der Waals surface area contributed by atoms with Crippen molar-refractivity contribution in [1.82, 2.24) is 0 Å². The standard InChI is InChI=1S/C12H15ClN2O3/c1-7(18-9-5-17-6-9)12(16)15-11-4-8(13)2-3-10(11)14/h2-4,7,9H,5-6,14H2,1H3,(H,15,16). The van der Waals surface area contributed by atoms with E-state index in [0.717, 1.165) is 0 Å². The maximum atomic E-state index is 11.9. The lowest BCUT2D eigenvalue weighted by Gasteiger charge is -2.28. The smallest absolute Gasteiger partial charge is 0.253 e. The lowest BCUT2D eigenvalue weighted by atomic mass is 10.2. The van der Waals surface area contributed by atoms with E-state index in [-0.39, 0.29) is 12.0 Å². The number of ether oxygens (including phenoxy) is 2. The SMILES string of the molecule is CC(OC1COC1)C(=O)Nc1cc(Cl)ccc1N. The Bertz CT molecular complexity index is 449. The molecule has 2 rings (SSSR count). The average Bonchev–Trinajstić information content (AvgIpc) is 2.28. The van der Waals surface area contributed by atoms with Crippen molar-refractivity contribution in [3.8, 4) is 0 Å². The first-order chi connectivity index (χ1) is 8.56. The van der Waals surface area contributed by atoms with Gasteiger partial charge in [0.25, 0.3) is 5.91 Å². The predicted molar refractivity (Wildman–Crippen MR) is 69.6 cm³/mol. The van der Waals surface area contributed by atoms with Crippen LogP contribution in [0.5, 0.6) is 0 Å². The monoisotopic (exact) mass is 270 g/mol. The Hall–Kier alpha value is -1.30. The molecule has 1 saturated heterocycles. The highest BCUT2D eigenvalue weighted by Crippen LogP contribution is 2.23. The molecule has 1 aliphatic heterocycles. The van der Waals surface area contributed by atoms with Gasteiger partial charge in [-0.2, -0.15) is 0 Å². The maximum Gasteiger partial charge on any atom is 0.253 e. The van der Waals surface area contributed by atoms with Crippen LogP contribution in [-0.2, 0) is 14.3 Å². The van der Waals surface area contributed by atoms with Crippen LogP contribution in [0, 0.1) is 0 Å². The molecule has 0 aromatic heterocycles. The van der Waals surface area contributed by atoms with Crippen LogP contribution < -0.4 is 11.1 Å². The Morgan fingerprint density at radius 3 is 2.94 bits per heavy atom. The third kappa shape index (κ3) is 3.13. The second kappa shape index (κ2) is 5.56. The van der Waals surface area contributed by atoms with E-state index in [0.29, 0.717) is 29.6 Å². The van der Waals surface area contributed by atoms with E-state index in [2.05, 4.69) is 5.32 Å². The molecule has 1 aliphatic rings. The molecule has 0 radical (unpaired) electrons. The quantitative estimate of drug-likeness (QED) is 0.816. The van der Waals surface area contributed by atoms with Crippen LogP contribution in [0.4, 0.5) is 11.4 Å². The summed E-state index contributed by atoms with van der Waals surface area (Å²) in [6.07, 6.45) is -0.556. The van der Waals surface area contributed by atoms with Crippen LogP contribution in [-0.4, -0.2) is 31.3 Å². The summed E-state index contributed by atoms with van der Waals surface area (Å²) < 4.78 is 10.5. The molecule has 1 unspecified atom stereocenters. The minimum Gasteiger partial charge on any atom is -0.397 e. The van der Waals surface area contributed by atoms with Gasteiger partial charge in [-0.05, 0) is 25.1 Å². The minimum absolute atomic E-state index is 0.00228. The number of benzene rings is 1. The van der Waals surface area contributed by atoms with Gasteiger partial charge in [-0.3, -0.25) is 4.79 Å². The van der Waals surface area contributed by atoms with E-state index in [1.165, 1.54) is 0 Å². The van der Waals surface area contributed by atoms with Gasteiger partial charge >= 0.3 is 0 Å². The molecule has 1 aromatic carbocycles. The van der Waals surface area contributed by atoms with E-state index in [4.69, 9.17) is 26.8 Å². The molecule has 1 heterocycles. The zero-order chi connectivity index (χ0) is 13.1. The molecular formula is C12H15ClN2O3. The van der Waals surface area contributed by atoms with E-state index in [9.17, 15) is 4.79 Å². The van der Waals surface area contributed by atoms with Crippen molar-refractivity contribution < 1.29 is 14.3 Å². The van der Waals surface area contributed by atoms with Crippen molar-refractivity contribution in [3.05, 3.63) is 23.2 Å². The molecule has 18 heavy (non-hydrogen) atoms. The fourth-order valence-electron chi connectivity index (χ4n) is 1.51. The number of nitrogen functional groups attached to an aromatic ring is 1. The van der Waals surface area contributed by atoms with Crippen LogP contribution in [0.3, 0.4) is 0 Å². The Labute approximate surface area is 110 Å². The van der Waals surface area contributed by atoms with Crippen LogP contribution >= 0.6 is 11.6 Å². The van der Waals surface area contributed by atoms with Crippen molar-refractivity contribution >= 4 is 28.9 Å². The van der Waals surface area contributed by atoms with Gasteiger partial charge in [0, 0.05) is 5.02 Å². The maximum absolute atomic E-state index is 11.9. The van der Waals surface area contributed by atoms with Gasteiger partial charge in [0.1, 0.15) is 12.2 Å². The number of anilines is 2. The molecule has 0 saturated carbocycles. The largest absolute Gasteiger partial charge is 0.397 e. The van der Waals surface area contributed by atoms with E-state index < -0.39 is 6.10 Å². The van der Waals surface area contributed by atoms with E-state index in [1.54, 1.807) is 25.1 Å². The minimum atomic E-state index is -0.558. The summed E-state index contributed by atoms with van der Waals surface area (Å²) in [5, 5.41) is 3.20. The molecule has 1 fully saturated rings. The van der Waals surface area contributed by atoms with Gasteiger partial charge in [0.05, 0.1) is 24.6 Å². The van der Waals surface area contributed by atoms with E-state index in [1.807, 2.05) is 0 Å². The second-order valence-electron chi connectivity index (χ2n) is 4.16. The Kier molecular flexibility index (Phi) is 4.06. The molecule has 0 aliphatic carbocycles. The van der Waals surface area contributed by atoms with Gasteiger partial charge in [0.15, 0.2) is 0 Å². The Morgan fingerprint density at radius 2 is 2.33 bits per heavy atom. The van der Waals surface area contributed by atoms with Crippen molar-refractivity contribution in [3.63, 3.8) is 0 Å². The number of hydrogen-bond donors (Lipinski definition) is 2. The number of halogens is 1. The van der Waals surface area contributed by atoms with Crippen molar-refractivity contribution in [2.75, 3.05) is 24.3 Å². The molecule has 1 aromatic rings. The molecule has 1 atom stereocenters. The number of carbonyl (C=O) groups is 1. The number of amides is 1. The van der Waals surface area contributed by atoms with E-state index >= 15 is 0 Å². The molecule has 5 nitrogen and oxygen atoms in total. The van der Waals surface area contributed by atoms with Gasteiger partial charge in [-0.1, -0.05) is 11.6 Å². The summed E-state index contributed by atoms with van der Waals surface area (Å²) >= 11 is 5.84. The fourth-order valence-corrected chi connectivity index (χ4v) is 1.69. The summed E-state index contributed by atoms with van der Waals surface area (Å²) in [6.45, 7) is 2.77. The zero-order valence-electron chi connectivity index (χ0n) is 9.98. The highest BCUT2D eigenvalue weighted by molar-refractivity contribution is 6.31. The molecule has 0 spiro atoms. The summed E-state index contributed by atoms with van der Waals surface area (Å²) in [4.78, 5) is 11.9. The highest BCUT2D eigenvalue weighted by Gasteiger charge is 2.25. The molecule has 6 heteroatoms. The zero-order valence-corrected chi connectivity index (χ0v) is 10.7. The van der Waals surface area contributed by atoms with Crippen LogP contribution in [0.15, 0.2) is 18.2 Å².